The van der Waals surface area contributed by atoms with Gasteiger partial charge in [-0.2, -0.15) is 5.10 Å². The molecule has 3 aliphatic rings. The molecule has 2 aromatic rings. The quantitative estimate of drug-likeness (QED) is 0.792. The number of fused-ring (bicyclic) bond motifs is 1. The number of aryl methyl sites for hydroxylation is 2. The first kappa shape index (κ1) is 17.7. The molecule has 4 heterocycles. The highest BCUT2D eigenvalue weighted by Gasteiger charge is 2.34. The van der Waals surface area contributed by atoms with E-state index in [-0.39, 0.29) is 17.5 Å². The summed E-state index contributed by atoms with van der Waals surface area (Å²) in [6, 6.07) is 0. The van der Waals surface area contributed by atoms with Crippen molar-refractivity contribution in [1.82, 2.24) is 28.8 Å². The van der Waals surface area contributed by atoms with E-state index in [1.54, 1.807) is 11.6 Å². The number of carbonyl (C=O) groups is 1. The van der Waals surface area contributed by atoms with E-state index in [0.717, 1.165) is 50.6 Å². The van der Waals surface area contributed by atoms with Crippen LogP contribution in [0.1, 0.15) is 49.7 Å². The zero-order valence-corrected chi connectivity index (χ0v) is 16.5. The molecule has 1 atom stereocenters. The first-order valence-electron chi connectivity index (χ1n) is 10.5. The van der Waals surface area contributed by atoms with E-state index < -0.39 is 0 Å². The van der Waals surface area contributed by atoms with Gasteiger partial charge in [-0.15, -0.1) is 0 Å². The first-order chi connectivity index (χ1) is 13.6. The Morgan fingerprint density at radius 2 is 1.96 bits per heavy atom. The van der Waals surface area contributed by atoms with Crippen molar-refractivity contribution in [2.24, 2.45) is 18.9 Å². The van der Waals surface area contributed by atoms with Crippen molar-refractivity contribution in [3.63, 3.8) is 0 Å². The molecule has 0 radical (unpaired) electrons. The number of nitrogens with zero attached hydrogens (tertiary/aromatic N) is 6. The Labute approximate surface area is 164 Å². The molecule has 0 bridgehead atoms. The standard InChI is InChI=1S/C20H28N6O2/c1-23-20(28)26-13-16(4-5-17(26)22-23)19(27)24-9-6-15(7-10-24)18-21-8-11-25(18)12-14-2-3-14/h8,11,14-16H,2-7,9-10,12-13H2,1H3. The van der Waals surface area contributed by atoms with Gasteiger partial charge in [-0.25, -0.2) is 14.5 Å². The van der Waals surface area contributed by atoms with Crippen molar-refractivity contribution in [2.75, 3.05) is 13.1 Å². The van der Waals surface area contributed by atoms with E-state index in [1.807, 2.05) is 11.1 Å². The lowest BCUT2D eigenvalue weighted by Crippen LogP contribution is -2.44. The largest absolute Gasteiger partial charge is 0.345 e. The predicted octanol–water partition coefficient (Wildman–Crippen LogP) is 1.16. The van der Waals surface area contributed by atoms with Crippen LogP contribution in [0.25, 0.3) is 0 Å². The van der Waals surface area contributed by atoms with Crippen molar-refractivity contribution in [3.05, 3.63) is 34.5 Å². The molecule has 1 unspecified atom stereocenters. The second kappa shape index (κ2) is 6.90. The van der Waals surface area contributed by atoms with Gasteiger partial charge in [0, 0.05) is 58.0 Å². The summed E-state index contributed by atoms with van der Waals surface area (Å²) >= 11 is 0. The van der Waals surface area contributed by atoms with Gasteiger partial charge >= 0.3 is 5.69 Å². The zero-order chi connectivity index (χ0) is 19.3. The highest BCUT2D eigenvalue weighted by atomic mass is 16.2. The summed E-state index contributed by atoms with van der Waals surface area (Å²) in [6.45, 7) is 3.13. The first-order valence-corrected chi connectivity index (χ1v) is 10.5. The van der Waals surface area contributed by atoms with E-state index in [1.165, 1.54) is 23.3 Å². The van der Waals surface area contributed by atoms with E-state index in [4.69, 9.17) is 0 Å². The fourth-order valence-electron chi connectivity index (χ4n) is 4.77. The molecular weight excluding hydrogens is 356 g/mol. The minimum Gasteiger partial charge on any atom is -0.342 e. The summed E-state index contributed by atoms with van der Waals surface area (Å²) in [7, 11) is 1.67. The summed E-state index contributed by atoms with van der Waals surface area (Å²) in [5.41, 5.74) is -0.117. The van der Waals surface area contributed by atoms with E-state index in [2.05, 4.69) is 20.8 Å². The van der Waals surface area contributed by atoms with Gasteiger partial charge < -0.3 is 9.47 Å². The smallest absolute Gasteiger partial charge is 0.342 e. The van der Waals surface area contributed by atoms with Gasteiger partial charge in [-0.3, -0.25) is 9.36 Å². The fraction of sp³-hybridized carbons (Fsp3) is 0.700. The maximum atomic E-state index is 13.1. The number of piperidine rings is 1. The lowest BCUT2D eigenvalue weighted by atomic mass is 9.92. The molecule has 0 N–H and O–H groups in total. The maximum absolute atomic E-state index is 13.1. The van der Waals surface area contributed by atoms with Gasteiger partial charge in [0.15, 0.2) is 0 Å². The fourth-order valence-corrected chi connectivity index (χ4v) is 4.77. The van der Waals surface area contributed by atoms with Crippen molar-refractivity contribution in [1.29, 1.82) is 0 Å². The monoisotopic (exact) mass is 384 g/mol. The van der Waals surface area contributed by atoms with Crippen LogP contribution in [0, 0.1) is 11.8 Å². The van der Waals surface area contributed by atoms with Crippen LogP contribution < -0.4 is 5.69 Å². The molecule has 1 aliphatic carbocycles. The average molecular weight is 384 g/mol. The molecular formula is C20H28N6O2. The van der Waals surface area contributed by atoms with Crippen LogP contribution in [0.4, 0.5) is 0 Å². The van der Waals surface area contributed by atoms with E-state index in [0.29, 0.717) is 18.9 Å². The minimum atomic E-state index is -0.117. The number of amides is 1. The topological polar surface area (TPSA) is 78.0 Å². The summed E-state index contributed by atoms with van der Waals surface area (Å²) in [5, 5.41) is 4.26. The molecule has 1 saturated carbocycles. The van der Waals surface area contributed by atoms with Crippen LogP contribution in [-0.4, -0.2) is 47.8 Å². The van der Waals surface area contributed by atoms with Crippen LogP contribution in [0.2, 0.25) is 0 Å². The Morgan fingerprint density at radius 1 is 1.18 bits per heavy atom. The Kier molecular flexibility index (Phi) is 4.36. The van der Waals surface area contributed by atoms with Crippen LogP contribution >= 0.6 is 0 Å². The van der Waals surface area contributed by atoms with Crippen molar-refractivity contribution < 1.29 is 4.79 Å². The van der Waals surface area contributed by atoms with Gasteiger partial charge in [0.05, 0.1) is 5.92 Å². The molecule has 8 nitrogen and oxygen atoms in total. The molecule has 0 aromatic carbocycles. The summed E-state index contributed by atoms with van der Waals surface area (Å²) in [5.74, 6) is 3.36. The number of carbonyl (C=O) groups excluding carboxylic acids is 1. The van der Waals surface area contributed by atoms with Crippen molar-refractivity contribution in [2.45, 2.75) is 57.5 Å². The number of likely N-dealkylation sites (tertiary alicyclic amines) is 1. The third kappa shape index (κ3) is 3.18. The van der Waals surface area contributed by atoms with Gasteiger partial charge in [-0.1, -0.05) is 0 Å². The molecule has 2 aromatic heterocycles. The Morgan fingerprint density at radius 3 is 2.71 bits per heavy atom. The second-order valence-electron chi connectivity index (χ2n) is 8.65. The van der Waals surface area contributed by atoms with Crippen molar-refractivity contribution in [3.8, 4) is 0 Å². The minimum absolute atomic E-state index is 0.109. The highest BCUT2D eigenvalue weighted by Crippen LogP contribution is 2.33. The third-order valence-corrected chi connectivity index (χ3v) is 6.62. The Balaban J connectivity index is 1.21. The number of rotatable bonds is 4. The SMILES string of the molecule is Cn1nc2n(c1=O)CC(C(=O)N1CCC(c3nccn3CC3CC3)CC1)CC2. The molecule has 150 valence electrons. The molecule has 8 heteroatoms. The molecule has 2 aliphatic heterocycles. The number of hydrogen-bond donors (Lipinski definition) is 0. The molecule has 5 rings (SSSR count). The second-order valence-corrected chi connectivity index (χ2v) is 8.65. The zero-order valence-electron chi connectivity index (χ0n) is 16.5. The number of aromatic nitrogens is 5. The van der Waals surface area contributed by atoms with Crippen molar-refractivity contribution >= 4 is 5.91 Å². The predicted molar refractivity (Wildman–Crippen MR) is 103 cm³/mol. The number of imidazole rings is 1. The van der Waals surface area contributed by atoms with Gasteiger partial charge in [0.2, 0.25) is 5.91 Å². The third-order valence-electron chi connectivity index (χ3n) is 6.62. The summed E-state index contributed by atoms with van der Waals surface area (Å²) in [4.78, 5) is 31.9. The average Bonchev–Trinajstić information content (AvgIpc) is 3.34. The Hall–Kier alpha value is -2.38. The molecule has 1 saturated heterocycles. The van der Waals surface area contributed by atoms with E-state index in [9.17, 15) is 9.59 Å². The molecule has 0 spiro atoms. The molecule has 1 amide bonds. The lowest BCUT2D eigenvalue weighted by molar-refractivity contribution is -0.137. The summed E-state index contributed by atoms with van der Waals surface area (Å²) < 4.78 is 5.38. The Bertz CT molecular complexity index is 929. The van der Waals surface area contributed by atoms with Crippen LogP contribution in [0.15, 0.2) is 17.2 Å². The van der Waals surface area contributed by atoms with Crippen LogP contribution in [0.5, 0.6) is 0 Å². The van der Waals surface area contributed by atoms with Gasteiger partial charge in [0.1, 0.15) is 11.6 Å². The normalized spacial score (nSPS) is 23.0. The maximum Gasteiger partial charge on any atom is 0.345 e. The lowest BCUT2D eigenvalue weighted by Gasteiger charge is -2.35. The summed E-state index contributed by atoms with van der Waals surface area (Å²) in [6.07, 6.45) is 10.1. The van der Waals surface area contributed by atoms with E-state index >= 15 is 0 Å². The van der Waals surface area contributed by atoms with Gasteiger partial charge in [0.25, 0.3) is 0 Å². The molecule has 2 fully saturated rings. The van der Waals surface area contributed by atoms with Crippen LogP contribution in [-0.2, 0) is 31.4 Å². The van der Waals surface area contributed by atoms with Crippen LogP contribution in [0.3, 0.4) is 0 Å². The molecule has 28 heavy (non-hydrogen) atoms. The highest BCUT2D eigenvalue weighted by molar-refractivity contribution is 5.79. The van der Waals surface area contributed by atoms with Gasteiger partial charge in [-0.05, 0) is 38.0 Å². The number of hydrogen-bond acceptors (Lipinski definition) is 4.